The van der Waals surface area contributed by atoms with E-state index in [1.165, 1.54) is 11.3 Å². The Hall–Kier alpha value is -2.08. The Morgan fingerprint density at radius 1 is 1.32 bits per heavy atom. The minimum atomic E-state index is -0.231. The third kappa shape index (κ3) is 3.96. The summed E-state index contributed by atoms with van der Waals surface area (Å²) in [6, 6.07) is 7.05. The van der Waals surface area contributed by atoms with Crippen molar-refractivity contribution in [2.75, 3.05) is 19.0 Å². The second-order valence-electron chi connectivity index (χ2n) is 3.81. The number of amides is 1. The first kappa shape index (κ1) is 13.4. The van der Waals surface area contributed by atoms with E-state index in [2.05, 4.69) is 10.3 Å². The van der Waals surface area contributed by atoms with Crippen LogP contribution in [0.15, 0.2) is 29.6 Å². The zero-order valence-corrected chi connectivity index (χ0v) is 11.5. The average molecular weight is 278 g/mol. The minimum absolute atomic E-state index is 0.0506. The molecule has 19 heavy (non-hydrogen) atoms. The highest BCUT2D eigenvalue weighted by molar-refractivity contribution is 7.13. The van der Waals surface area contributed by atoms with Gasteiger partial charge in [0.2, 0.25) is 0 Å². The third-order valence-electron chi connectivity index (χ3n) is 2.29. The van der Waals surface area contributed by atoms with Gasteiger partial charge in [-0.3, -0.25) is 10.1 Å². The molecule has 1 aromatic heterocycles. The number of methoxy groups -OCH3 is 1. The van der Waals surface area contributed by atoms with Crippen LogP contribution >= 0.6 is 11.3 Å². The van der Waals surface area contributed by atoms with Crippen molar-refractivity contribution in [1.29, 1.82) is 0 Å². The Kier molecular flexibility index (Phi) is 4.35. The Labute approximate surface area is 115 Å². The van der Waals surface area contributed by atoms with E-state index in [0.717, 1.165) is 11.4 Å². The van der Waals surface area contributed by atoms with E-state index in [1.807, 2.05) is 12.3 Å². The summed E-state index contributed by atoms with van der Waals surface area (Å²) in [5.41, 5.74) is 0.886. The molecule has 0 saturated carbocycles. The fourth-order valence-corrected chi connectivity index (χ4v) is 2.09. The molecule has 0 radical (unpaired) electrons. The Morgan fingerprint density at radius 3 is 2.58 bits per heavy atom. The zero-order valence-electron chi connectivity index (χ0n) is 10.7. The maximum Gasteiger partial charge on any atom is 0.264 e. The molecule has 2 rings (SSSR count). The van der Waals surface area contributed by atoms with Gasteiger partial charge in [0, 0.05) is 5.38 Å². The lowest BCUT2D eigenvalue weighted by molar-refractivity contribution is -0.118. The molecule has 1 amide bonds. The average Bonchev–Trinajstić information content (AvgIpc) is 2.82. The number of hydrogen-bond acceptors (Lipinski definition) is 5. The Balaban J connectivity index is 1.82. The molecule has 1 heterocycles. The van der Waals surface area contributed by atoms with Crippen LogP contribution in [0.25, 0.3) is 0 Å². The molecule has 2 aromatic rings. The fourth-order valence-electron chi connectivity index (χ4n) is 1.39. The van der Waals surface area contributed by atoms with Crippen molar-refractivity contribution in [2.45, 2.75) is 6.92 Å². The van der Waals surface area contributed by atoms with Crippen molar-refractivity contribution in [3.05, 3.63) is 35.3 Å². The normalized spacial score (nSPS) is 10.0. The summed E-state index contributed by atoms with van der Waals surface area (Å²) >= 11 is 1.39. The molecule has 0 fully saturated rings. The molecule has 0 aliphatic carbocycles. The van der Waals surface area contributed by atoms with Gasteiger partial charge in [-0.05, 0) is 31.2 Å². The van der Waals surface area contributed by atoms with Crippen LogP contribution in [0.5, 0.6) is 11.5 Å². The highest BCUT2D eigenvalue weighted by Gasteiger charge is 2.06. The second-order valence-corrected chi connectivity index (χ2v) is 4.66. The number of aromatic nitrogens is 1. The van der Waals surface area contributed by atoms with Gasteiger partial charge in [-0.15, -0.1) is 11.3 Å². The molecule has 0 aliphatic heterocycles. The van der Waals surface area contributed by atoms with Crippen LogP contribution in [0.2, 0.25) is 0 Å². The quantitative estimate of drug-likeness (QED) is 0.912. The number of benzene rings is 1. The van der Waals surface area contributed by atoms with E-state index in [0.29, 0.717) is 10.9 Å². The smallest absolute Gasteiger partial charge is 0.264 e. The van der Waals surface area contributed by atoms with Gasteiger partial charge < -0.3 is 9.47 Å². The molecule has 0 aliphatic rings. The van der Waals surface area contributed by atoms with E-state index >= 15 is 0 Å². The number of anilines is 1. The summed E-state index contributed by atoms with van der Waals surface area (Å²) in [4.78, 5) is 15.8. The molecule has 100 valence electrons. The zero-order chi connectivity index (χ0) is 13.7. The molecule has 1 N–H and O–H groups in total. The van der Waals surface area contributed by atoms with E-state index in [4.69, 9.17) is 9.47 Å². The lowest BCUT2D eigenvalue weighted by atomic mass is 10.3. The summed E-state index contributed by atoms with van der Waals surface area (Å²) in [7, 11) is 1.60. The molecule has 6 heteroatoms. The van der Waals surface area contributed by atoms with Crippen LogP contribution in [0.4, 0.5) is 5.13 Å². The van der Waals surface area contributed by atoms with Crippen molar-refractivity contribution >= 4 is 22.4 Å². The predicted molar refractivity (Wildman–Crippen MR) is 74.0 cm³/mol. The number of aryl methyl sites for hydroxylation is 1. The van der Waals surface area contributed by atoms with E-state index in [9.17, 15) is 4.79 Å². The van der Waals surface area contributed by atoms with Gasteiger partial charge in [-0.2, -0.15) is 0 Å². The molecule has 0 bridgehead atoms. The van der Waals surface area contributed by atoms with Gasteiger partial charge in [-0.1, -0.05) is 0 Å². The standard InChI is InChI=1S/C13H14N2O3S/c1-9-8-19-13(14-9)15-12(16)7-18-11-5-3-10(17-2)4-6-11/h3-6,8H,7H2,1-2H3,(H,14,15,16). The van der Waals surface area contributed by atoms with Gasteiger partial charge in [0.25, 0.3) is 5.91 Å². The lowest BCUT2D eigenvalue weighted by Crippen LogP contribution is -2.20. The first-order valence-corrected chi connectivity index (χ1v) is 6.54. The monoisotopic (exact) mass is 278 g/mol. The third-order valence-corrected chi connectivity index (χ3v) is 3.17. The summed E-state index contributed by atoms with van der Waals surface area (Å²) in [5, 5.41) is 5.13. The van der Waals surface area contributed by atoms with Gasteiger partial charge in [0.1, 0.15) is 11.5 Å². The van der Waals surface area contributed by atoms with Gasteiger partial charge in [0.05, 0.1) is 12.8 Å². The molecule has 0 spiro atoms. The van der Waals surface area contributed by atoms with Crippen molar-refractivity contribution in [3.63, 3.8) is 0 Å². The molecule has 1 aromatic carbocycles. The number of nitrogens with zero attached hydrogens (tertiary/aromatic N) is 1. The summed E-state index contributed by atoms with van der Waals surface area (Å²) in [5.74, 6) is 1.13. The van der Waals surface area contributed by atoms with Crippen LogP contribution in [0, 0.1) is 6.92 Å². The van der Waals surface area contributed by atoms with Crippen molar-refractivity contribution in [1.82, 2.24) is 4.98 Å². The Morgan fingerprint density at radius 2 is 2.00 bits per heavy atom. The predicted octanol–water partition coefficient (Wildman–Crippen LogP) is 2.48. The SMILES string of the molecule is COc1ccc(OCC(=O)Nc2nc(C)cs2)cc1. The van der Waals surface area contributed by atoms with Crippen LogP contribution in [-0.4, -0.2) is 24.6 Å². The number of ether oxygens (including phenoxy) is 2. The van der Waals surface area contributed by atoms with Gasteiger partial charge in [0.15, 0.2) is 11.7 Å². The van der Waals surface area contributed by atoms with Crippen molar-refractivity contribution in [3.8, 4) is 11.5 Å². The van der Waals surface area contributed by atoms with Crippen LogP contribution in [0.3, 0.4) is 0 Å². The molecule has 0 atom stereocenters. The Bertz CT molecular complexity index is 551. The number of nitrogens with one attached hydrogen (secondary N) is 1. The largest absolute Gasteiger partial charge is 0.497 e. The highest BCUT2D eigenvalue weighted by Crippen LogP contribution is 2.17. The van der Waals surface area contributed by atoms with E-state index in [1.54, 1.807) is 31.4 Å². The topological polar surface area (TPSA) is 60.5 Å². The first-order chi connectivity index (χ1) is 9.17. The van der Waals surface area contributed by atoms with Crippen molar-refractivity contribution in [2.24, 2.45) is 0 Å². The number of hydrogen-bond donors (Lipinski definition) is 1. The molecular formula is C13H14N2O3S. The van der Waals surface area contributed by atoms with Crippen LogP contribution in [-0.2, 0) is 4.79 Å². The molecule has 0 unspecified atom stereocenters. The molecule has 0 saturated heterocycles. The highest BCUT2D eigenvalue weighted by atomic mass is 32.1. The second kappa shape index (κ2) is 6.19. The number of rotatable bonds is 5. The minimum Gasteiger partial charge on any atom is -0.497 e. The number of carbonyl (C=O) groups is 1. The van der Waals surface area contributed by atoms with E-state index in [-0.39, 0.29) is 12.5 Å². The van der Waals surface area contributed by atoms with Crippen LogP contribution in [0.1, 0.15) is 5.69 Å². The molecule has 5 nitrogen and oxygen atoms in total. The fraction of sp³-hybridized carbons (Fsp3) is 0.231. The van der Waals surface area contributed by atoms with Gasteiger partial charge in [-0.25, -0.2) is 4.98 Å². The van der Waals surface area contributed by atoms with Crippen molar-refractivity contribution < 1.29 is 14.3 Å². The lowest BCUT2D eigenvalue weighted by Gasteiger charge is -2.06. The van der Waals surface area contributed by atoms with E-state index < -0.39 is 0 Å². The summed E-state index contributed by atoms with van der Waals surface area (Å²) in [6.45, 7) is 1.82. The summed E-state index contributed by atoms with van der Waals surface area (Å²) < 4.78 is 10.4. The maximum absolute atomic E-state index is 11.6. The van der Waals surface area contributed by atoms with Crippen LogP contribution < -0.4 is 14.8 Å². The molecular weight excluding hydrogens is 264 g/mol. The number of thiazole rings is 1. The summed E-state index contributed by atoms with van der Waals surface area (Å²) in [6.07, 6.45) is 0. The first-order valence-electron chi connectivity index (χ1n) is 5.66. The number of carbonyl (C=O) groups excluding carboxylic acids is 1. The van der Waals surface area contributed by atoms with Gasteiger partial charge >= 0.3 is 0 Å². The maximum atomic E-state index is 11.6.